The summed E-state index contributed by atoms with van der Waals surface area (Å²) in [5.74, 6) is -2.38. The van der Waals surface area contributed by atoms with Crippen molar-refractivity contribution in [2.75, 3.05) is 13.1 Å². The molecule has 0 saturated heterocycles. The number of rotatable bonds is 4. The molecule has 0 spiro atoms. The van der Waals surface area contributed by atoms with Gasteiger partial charge in [-0.25, -0.2) is 0 Å². The summed E-state index contributed by atoms with van der Waals surface area (Å²) in [6.07, 6.45) is -2.03. The third-order valence-corrected chi connectivity index (χ3v) is 3.67. The molecule has 18 heavy (non-hydrogen) atoms. The first-order chi connectivity index (χ1) is 8.36. The van der Waals surface area contributed by atoms with Gasteiger partial charge in [0.1, 0.15) is 0 Å². The minimum atomic E-state index is -4.16. The average Bonchev–Trinajstić information content (AvgIpc) is 2.34. The molecule has 0 aromatic heterocycles. The summed E-state index contributed by atoms with van der Waals surface area (Å²) in [5, 5.41) is 2.59. The predicted molar refractivity (Wildman–Crippen MR) is 62.7 cm³/mol. The van der Waals surface area contributed by atoms with Gasteiger partial charge in [-0.3, -0.25) is 4.79 Å². The Morgan fingerprint density at radius 3 is 2.56 bits per heavy atom. The molecular weight excluding hydrogens is 245 g/mol. The summed E-state index contributed by atoms with van der Waals surface area (Å²) in [7, 11) is 0. The van der Waals surface area contributed by atoms with Crippen LogP contribution in [0.25, 0.3) is 0 Å². The third kappa shape index (κ3) is 4.15. The molecule has 3 atom stereocenters. The number of carbonyl (C=O) groups is 1. The molecule has 0 bridgehead atoms. The number of halogens is 3. The van der Waals surface area contributed by atoms with E-state index in [4.69, 9.17) is 5.73 Å². The normalized spacial score (nSPS) is 26.7. The van der Waals surface area contributed by atoms with E-state index in [0.29, 0.717) is 12.8 Å². The molecule has 6 heteroatoms. The molecule has 1 aliphatic rings. The maximum absolute atomic E-state index is 12.8. The van der Waals surface area contributed by atoms with Crippen LogP contribution in [-0.4, -0.2) is 25.2 Å². The van der Waals surface area contributed by atoms with Gasteiger partial charge in [-0.1, -0.05) is 19.8 Å². The van der Waals surface area contributed by atoms with Gasteiger partial charge in [0.05, 0.1) is 5.92 Å². The number of hydrogen-bond donors (Lipinski definition) is 2. The lowest BCUT2D eigenvalue weighted by Crippen LogP contribution is -2.42. The lowest BCUT2D eigenvalue weighted by Gasteiger charge is -2.33. The van der Waals surface area contributed by atoms with E-state index in [9.17, 15) is 18.0 Å². The Bertz CT molecular complexity index is 281. The molecule has 0 aliphatic heterocycles. The summed E-state index contributed by atoms with van der Waals surface area (Å²) in [6, 6.07) is 0. The highest BCUT2D eigenvalue weighted by molar-refractivity contribution is 5.78. The van der Waals surface area contributed by atoms with Crippen LogP contribution < -0.4 is 11.1 Å². The second kappa shape index (κ2) is 6.41. The van der Waals surface area contributed by atoms with Crippen molar-refractivity contribution in [3.8, 4) is 0 Å². The van der Waals surface area contributed by atoms with E-state index in [1.807, 2.05) is 0 Å². The van der Waals surface area contributed by atoms with Crippen LogP contribution in [0.3, 0.4) is 0 Å². The van der Waals surface area contributed by atoms with Crippen LogP contribution in [0.2, 0.25) is 0 Å². The fourth-order valence-electron chi connectivity index (χ4n) is 2.40. The number of nitrogens with one attached hydrogen (secondary N) is 1. The fourth-order valence-corrected chi connectivity index (χ4v) is 2.40. The van der Waals surface area contributed by atoms with E-state index >= 15 is 0 Å². The van der Waals surface area contributed by atoms with Gasteiger partial charge in [-0.15, -0.1) is 0 Å². The Morgan fingerprint density at radius 1 is 1.39 bits per heavy atom. The minimum absolute atomic E-state index is 0.105. The Morgan fingerprint density at radius 2 is 2.00 bits per heavy atom. The first kappa shape index (κ1) is 15.3. The molecule has 0 aromatic rings. The van der Waals surface area contributed by atoms with E-state index in [0.717, 1.165) is 6.42 Å². The summed E-state index contributed by atoms with van der Waals surface area (Å²) >= 11 is 0. The Labute approximate surface area is 105 Å². The number of carbonyl (C=O) groups excluding carboxylic acids is 1. The number of amides is 1. The molecule has 3 nitrogen and oxygen atoms in total. The highest BCUT2D eigenvalue weighted by Gasteiger charge is 2.45. The molecule has 0 heterocycles. The van der Waals surface area contributed by atoms with Crippen LogP contribution in [0.15, 0.2) is 0 Å². The summed E-state index contributed by atoms with van der Waals surface area (Å²) in [6.45, 7) is 1.98. The molecule has 1 amide bonds. The van der Waals surface area contributed by atoms with Crippen molar-refractivity contribution in [1.29, 1.82) is 0 Å². The van der Waals surface area contributed by atoms with Crippen LogP contribution in [0, 0.1) is 17.8 Å². The molecule has 1 saturated carbocycles. The quantitative estimate of drug-likeness (QED) is 0.818. The monoisotopic (exact) mass is 266 g/mol. The first-order valence-corrected chi connectivity index (χ1v) is 6.40. The minimum Gasteiger partial charge on any atom is -0.356 e. The van der Waals surface area contributed by atoms with Crippen LogP contribution >= 0.6 is 0 Å². The number of hydrogen-bond acceptors (Lipinski definition) is 2. The largest absolute Gasteiger partial charge is 0.392 e. The SMILES string of the molecule is CC(CN)C(=O)NCC1CCCCC1C(F)(F)F. The highest BCUT2D eigenvalue weighted by Crippen LogP contribution is 2.41. The Balaban J connectivity index is 2.50. The van der Waals surface area contributed by atoms with Gasteiger partial charge in [0.2, 0.25) is 5.91 Å². The van der Waals surface area contributed by atoms with Gasteiger partial charge in [0.15, 0.2) is 0 Å². The summed E-state index contributed by atoms with van der Waals surface area (Å²) < 4.78 is 38.4. The van der Waals surface area contributed by atoms with E-state index in [-0.39, 0.29) is 31.3 Å². The standard InChI is InChI=1S/C12H21F3N2O/c1-8(6-16)11(18)17-7-9-4-2-3-5-10(9)12(13,14)15/h8-10H,2-7,16H2,1H3,(H,17,18). The van der Waals surface area contributed by atoms with Crippen LogP contribution in [0.4, 0.5) is 13.2 Å². The summed E-state index contributed by atoms with van der Waals surface area (Å²) in [5.41, 5.74) is 5.34. The van der Waals surface area contributed by atoms with E-state index in [1.165, 1.54) is 0 Å². The Kier molecular flexibility index (Phi) is 5.44. The predicted octanol–water partition coefficient (Wildman–Crippen LogP) is 2.07. The zero-order valence-corrected chi connectivity index (χ0v) is 10.6. The topological polar surface area (TPSA) is 55.1 Å². The number of alkyl halides is 3. The van der Waals surface area contributed by atoms with Crippen LogP contribution in [0.1, 0.15) is 32.6 Å². The van der Waals surface area contributed by atoms with Crippen molar-refractivity contribution in [2.24, 2.45) is 23.5 Å². The molecule has 106 valence electrons. The van der Waals surface area contributed by atoms with Gasteiger partial charge >= 0.3 is 6.18 Å². The van der Waals surface area contributed by atoms with Crippen molar-refractivity contribution >= 4 is 5.91 Å². The molecule has 3 unspecified atom stereocenters. The second-order valence-corrected chi connectivity index (χ2v) is 5.07. The van der Waals surface area contributed by atoms with Crippen LogP contribution in [0.5, 0.6) is 0 Å². The maximum atomic E-state index is 12.8. The molecule has 0 aromatic carbocycles. The molecule has 3 N–H and O–H groups in total. The fraction of sp³-hybridized carbons (Fsp3) is 0.917. The number of nitrogens with two attached hydrogens (primary N) is 1. The Hall–Kier alpha value is -0.780. The van der Waals surface area contributed by atoms with Gasteiger partial charge in [0, 0.05) is 19.0 Å². The zero-order chi connectivity index (χ0) is 13.8. The molecule has 1 fully saturated rings. The van der Waals surface area contributed by atoms with Crippen molar-refractivity contribution in [3.63, 3.8) is 0 Å². The van der Waals surface area contributed by atoms with Crippen molar-refractivity contribution in [2.45, 2.75) is 38.8 Å². The van der Waals surface area contributed by atoms with E-state index in [1.54, 1.807) is 6.92 Å². The lowest BCUT2D eigenvalue weighted by atomic mass is 9.78. The van der Waals surface area contributed by atoms with Crippen molar-refractivity contribution in [1.82, 2.24) is 5.32 Å². The van der Waals surface area contributed by atoms with E-state index in [2.05, 4.69) is 5.32 Å². The molecular formula is C12H21F3N2O. The van der Waals surface area contributed by atoms with Gasteiger partial charge in [-0.2, -0.15) is 13.2 Å². The van der Waals surface area contributed by atoms with Gasteiger partial charge in [0.25, 0.3) is 0 Å². The third-order valence-electron chi connectivity index (χ3n) is 3.67. The summed E-state index contributed by atoms with van der Waals surface area (Å²) in [4.78, 5) is 11.5. The first-order valence-electron chi connectivity index (χ1n) is 6.40. The maximum Gasteiger partial charge on any atom is 0.392 e. The van der Waals surface area contributed by atoms with Crippen molar-refractivity contribution < 1.29 is 18.0 Å². The molecule has 1 rings (SSSR count). The average molecular weight is 266 g/mol. The van der Waals surface area contributed by atoms with Gasteiger partial charge < -0.3 is 11.1 Å². The van der Waals surface area contributed by atoms with Gasteiger partial charge in [-0.05, 0) is 18.8 Å². The van der Waals surface area contributed by atoms with Crippen molar-refractivity contribution in [3.05, 3.63) is 0 Å². The highest BCUT2D eigenvalue weighted by atomic mass is 19.4. The van der Waals surface area contributed by atoms with E-state index < -0.39 is 18.0 Å². The zero-order valence-electron chi connectivity index (χ0n) is 10.6. The molecule has 0 radical (unpaired) electrons. The molecule has 1 aliphatic carbocycles. The lowest BCUT2D eigenvalue weighted by molar-refractivity contribution is -0.195. The second-order valence-electron chi connectivity index (χ2n) is 5.07. The smallest absolute Gasteiger partial charge is 0.356 e. The van der Waals surface area contributed by atoms with Crippen LogP contribution in [-0.2, 0) is 4.79 Å².